The van der Waals surface area contributed by atoms with Crippen LogP contribution in [0.2, 0.25) is 0 Å². The summed E-state index contributed by atoms with van der Waals surface area (Å²) in [5.74, 6) is -0.888. The molecular weight excluding hydrogens is 385 g/mol. The van der Waals surface area contributed by atoms with E-state index in [2.05, 4.69) is 10.6 Å². The molecule has 7 heteroatoms. The van der Waals surface area contributed by atoms with E-state index in [1.807, 2.05) is 0 Å². The SMILES string of the molecule is CC(C(=O)NCC1(c2ccc(F)cc2)CCCCC1)N1C(=O)NC2(CCCC2)C1=O. The molecule has 1 aromatic rings. The van der Waals surface area contributed by atoms with Gasteiger partial charge in [-0.3, -0.25) is 9.59 Å². The molecule has 3 aliphatic rings. The van der Waals surface area contributed by atoms with Crippen molar-refractivity contribution in [3.05, 3.63) is 35.6 Å². The summed E-state index contributed by atoms with van der Waals surface area (Å²) in [4.78, 5) is 39.5. The average Bonchev–Trinajstić information content (AvgIpc) is 3.31. The first-order valence-electron chi connectivity index (χ1n) is 11.1. The molecule has 2 saturated carbocycles. The van der Waals surface area contributed by atoms with Gasteiger partial charge in [0.15, 0.2) is 0 Å². The number of halogens is 1. The molecule has 0 radical (unpaired) electrons. The van der Waals surface area contributed by atoms with Crippen LogP contribution in [0.3, 0.4) is 0 Å². The number of nitrogens with one attached hydrogen (secondary N) is 2. The lowest BCUT2D eigenvalue weighted by molar-refractivity contribution is -0.137. The highest BCUT2D eigenvalue weighted by molar-refractivity contribution is 6.09. The Bertz CT molecular complexity index is 827. The standard InChI is InChI=1S/C23H30FN3O3/c1-16(27-20(29)23(26-21(27)30)13-5-6-14-23)19(28)25-15-22(11-3-2-4-12-22)17-7-9-18(24)10-8-17/h7-10,16H,2-6,11-15H2,1H3,(H,25,28)(H,26,30). The zero-order valence-electron chi connectivity index (χ0n) is 17.5. The molecular formula is C23H30FN3O3. The Morgan fingerprint density at radius 3 is 2.30 bits per heavy atom. The van der Waals surface area contributed by atoms with Gasteiger partial charge in [-0.2, -0.15) is 0 Å². The third-order valence-electron chi connectivity index (χ3n) is 7.29. The minimum absolute atomic E-state index is 0.245. The van der Waals surface area contributed by atoms with Crippen molar-refractivity contribution >= 4 is 17.8 Å². The smallest absolute Gasteiger partial charge is 0.325 e. The van der Waals surface area contributed by atoms with E-state index in [1.54, 1.807) is 19.1 Å². The number of imide groups is 1. The van der Waals surface area contributed by atoms with Crippen molar-refractivity contribution in [2.45, 2.75) is 81.7 Å². The van der Waals surface area contributed by atoms with E-state index in [0.29, 0.717) is 19.4 Å². The highest BCUT2D eigenvalue weighted by Crippen LogP contribution is 2.39. The van der Waals surface area contributed by atoms with Crippen LogP contribution in [0.5, 0.6) is 0 Å². The summed E-state index contributed by atoms with van der Waals surface area (Å²) in [6.07, 6.45) is 8.17. The number of urea groups is 1. The highest BCUT2D eigenvalue weighted by Gasteiger charge is 2.54. The fourth-order valence-electron chi connectivity index (χ4n) is 5.43. The minimum Gasteiger partial charge on any atom is -0.353 e. The summed E-state index contributed by atoms with van der Waals surface area (Å²) >= 11 is 0. The van der Waals surface area contributed by atoms with E-state index < -0.39 is 17.6 Å². The molecule has 0 aromatic heterocycles. The van der Waals surface area contributed by atoms with Crippen LogP contribution >= 0.6 is 0 Å². The molecule has 3 fully saturated rings. The van der Waals surface area contributed by atoms with Gasteiger partial charge in [-0.15, -0.1) is 0 Å². The van der Waals surface area contributed by atoms with Crippen LogP contribution in [0.15, 0.2) is 24.3 Å². The van der Waals surface area contributed by atoms with E-state index >= 15 is 0 Å². The van der Waals surface area contributed by atoms with Gasteiger partial charge >= 0.3 is 6.03 Å². The van der Waals surface area contributed by atoms with Crippen molar-refractivity contribution in [2.75, 3.05) is 6.54 Å². The Balaban J connectivity index is 1.46. The zero-order chi connectivity index (χ0) is 21.4. The maximum atomic E-state index is 13.4. The molecule has 162 valence electrons. The summed E-state index contributed by atoms with van der Waals surface area (Å²) in [5.41, 5.74) is -0.0354. The fraction of sp³-hybridized carbons (Fsp3) is 0.609. The lowest BCUT2D eigenvalue weighted by atomic mass is 9.69. The van der Waals surface area contributed by atoms with Crippen LogP contribution in [-0.4, -0.2) is 40.9 Å². The van der Waals surface area contributed by atoms with Crippen molar-refractivity contribution in [2.24, 2.45) is 0 Å². The Labute approximate surface area is 176 Å². The predicted molar refractivity (Wildman–Crippen MR) is 110 cm³/mol. The lowest BCUT2D eigenvalue weighted by Crippen LogP contribution is -2.52. The molecule has 6 nitrogen and oxygen atoms in total. The number of hydrogen-bond acceptors (Lipinski definition) is 3. The summed E-state index contributed by atoms with van der Waals surface area (Å²) in [6, 6.07) is 5.19. The van der Waals surface area contributed by atoms with Crippen molar-refractivity contribution in [3.8, 4) is 0 Å². The second-order valence-electron chi connectivity index (χ2n) is 9.14. The highest BCUT2D eigenvalue weighted by atomic mass is 19.1. The molecule has 1 spiro atoms. The maximum Gasteiger partial charge on any atom is 0.325 e. The molecule has 4 rings (SSSR count). The van der Waals surface area contributed by atoms with Crippen LogP contribution in [-0.2, 0) is 15.0 Å². The largest absolute Gasteiger partial charge is 0.353 e. The lowest BCUT2D eigenvalue weighted by Gasteiger charge is -2.38. The van der Waals surface area contributed by atoms with E-state index in [0.717, 1.165) is 55.4 Å². The first-order valence-corrected chi connectivity index (χ1v) is 11.1. The maximum absolute atomic E-state index is 13.4. The molecule has 1 aromatic carbocycles. The Hall–Kier alpha value is -2.44. The summed E-state index contributed by atoms with van der Waals surface area (Å²) in [6.45, 7) is 2.02. The number of carbonyl (C=O) groups is 3. The van der Waals surface area contributed by atoms with Crippen molar-refractivity contribution in [3.63, 3.8) is 0 Å². The van der Waals surface area contributed by atoms with Gasteiger partial charge in [0.1, 0.15) is 17.4 Å². The van der Waals surface area contributed by atoms with E-state index in [4.69, 9.17) is 0 Å². The number of carbonyl (C=O) groups excluding carboxylic acids is 3. The van der Waals surface area contributed by atoms with Crippen molar-refractivity contribution < 1.29 is 18.8 Å². The summed E-state index contributed by atoms with van der Waals surface area (Å²) < 4.78 is 13.4. The number of nitrogens with zero attached hydrogens (tertiary/aromatic N) is 1. The zero-order valence-corrected chi connectivity index (χ0v) is 17.5. The van der Waals surface area contributed by atoms with Gasteiger partial charge in [-0.05, 0) is 50.3 Å². The van der Waals surface area contributed by atoms with Gasteiger partial charge in [-0.25, -0.2) is 14.1 Å². The van der Waals surface area contributed by atoms with Crippen LogP contribution < -0.4 is 10.6 Å². The number of amides is 4. The third kappa shape index (κ3) is 3.59. The topological polar surface area (TPSA) is 78.5 Å². The van der Waals surface area contributed by atoms with Gasteiger partial charge in [0.2, 0.25) is 5.91 Å². The molecule has 0 bridgehead atoms. The molecule has 1 atom stereocenters. The van der Waals surface area contributed by atoms with Crippen LogP contribution in [0.1, 0.15) is 70.3 Å². The van der Waals surface area contributed by atoms with Gasteiger partial charge in [0, 0.05) is 12.0 Å². The Morgan fingerprint density at radius 2 is 1.67 bits per heavy atom. The molecule has 1 saturated heterocycles. The van der Waals surface area contributed by atoms with Gasteiger partial charge in [0.25, 0.3) is 5.91 Å². The second kappa shape index (κ2) is 8.00. The average molecular weight is 416 g/mol. The van der Waals surface area contributed by atoms with Crippen LogP contribution in [0, 0.1) is 5.82 Å². The number of rotatable bonds is 5. The first kappa shape index (κ1) is 20.8. The second-order valence-corrected chi connectivity index (χ2v) is 9.14. The van der Waals surface area contributed by atoms with Gasteiger partial charge in [-0.1, -0.05) is 44.2 Å². The minimum atomic E-state index is -0.869. The monoisotopic (exact) mass is 415 g/mol. The van der Waals surface area contributed by atoms with E-state index in [1.165, 1.54) is 12.1 Å². The third-order valence-corrected chi connectivity index (χ3v) is 7.29. The van der Waals surface area contributed by atoms with Crippen molar-refractivity contribution in [1.82, 2.24) is 15.5 Å². The molecule has 1 unspecified atom stereocenters. The first-order chi connectivity index (χ1) is 14.4. The van der Waals surface area contributed by atoms with Gasteiger partial charge < -0.3 is 10.6 Å². The predicted octanol–water partition coefficient (Wildman–Crippen LogP) is 3.40. The quantitative estimate of drug-likeness (QED) is 0.724. The van der Waals surface area contributed by atoms with E-state index in [9.17, 15) is 18.8 Å². The summed E-state index contributed by atoms with van der Waals surface area (Å²) in [5, 5.41) is 5.83. The molecule has 1 heterocycles. The molecule has 1 aliphatic heterocycles. The van der Waals surface area contributed by atoms with Crippen molar-refractivity contribution in [1.29, 1.82) is 0 Å². The summed E-state index contributed by atoms with van der Waals surface area (Å²) in [7, 11) is 0. The molecule has 2 N–H and O–H groups in total. The molecule has 2 aliphatic carbocycles. The van der Waals surface area contributed by atoms with Crippen LogP contribution in [0.4, 0.5) is 9.18 Å². The normalized spacial score (nSPS) is 23.5. The number of benzene rings is 1. The van der Waals surface area contributed by atoms with Crippen LogP contribution in [0.25, 0.3) is 0 Å². The molecule has 4 amide bonds. The van der Waals surface area contributed by atoms with E-state index in [-0.39, 0.29) is 23.0 Å². The fourth-order valence-corrected chi connectivity index (χ4v) is 5.43. The number of hydrogen-bond donors (Lipinski definition) is 2. The van der Waals surface area contributed by atoms with Gasteiger partial charge in [0.05, 0.1) is 0 Å². The Kier molecular flexibility index (Phi) is 5.55. The molecule has 30 heavy (non-hydrogen) atoms. The Morgan fingerprint density at radius 1 is 1.07 bits per heavy atom.